The molecule has 2 atom stereocenters. The van der Waals surface area contributed by atoms with Crippen LogP contribution in [0.2, 0.25) is 0 Å². The average Bonchev–Trinajstić information content (AvgIpc) is 2.82. The number of benzene rings is 1. The predicted octanol–water partition coefficient (Wildman–Crippen LogP) is 3.63. The molecule has 2 aliphatic rings. The van der Waals surface area contributed by atoms with E-state index in [-0.39, 0.29) is 23.9 Å². The van der Waals surface area contributed by atoms with E-state index in [0.717, 1.165) is 51.2 Å². The van der Waals surface area contributed by atoms with Gasteiger partial charge in [-0.3, -0.25) is 9.59 Å². The minimum absolute atomic E-state index is 0.0914. The second-order valence-electron chi connectivity index (χ2n) is 11.8. The van der Waals surface area contributed by atoms with Gasteiger partial charge in [-0.05, 0) is 75.2 Å². The number of piperidine rings is 1. The number of hydrogen-bond donors (Lipinski definition) is 1. The number of amides is 2. The van der Waals surface area contributed by atoms with Gasteiger partial charge < -0.3 is 24.8 Å². The van der Waals surface area contributed by atoms with Gasteiger partial charge in [0, 0.05) is 32.7 Å². The van der Waals surface area contributed by atoms with Crippen LogP contribution in [0.5, 0.6) is 5.75 Å². The van der Waals surface area contributed by atoms with Crippen LogP contribution in [0.4, 0.5) is 0 Å². The first kappa shape index (κ1) is 28.5. The predicted molar refractivity (Wildman–Crippen MR) is 145 cm³/mol. The van der Waals surface area contributed by atoms with Gasteiger partial charge in [0.15, 0.2) is 0 Å². The van der Waals surface area contributed by atoms with Crippen molar-refractivity contribution in [1.82, 2.24) is 20.0 Å². The number of carbonyl (C=O) groups is 2. The molecule has 0 aliphatic carbocycles. The van der Waals surface area contributed by atoms with E-state index in [9.17, 15) is 9.59 Å². The molecule has 7 nitrogen and oxygen atoms in total. The molecule has 0 aromatic heterocycles. The highest BCUT2D eigenvalue weighted by Gasteiger charge is 2.39. The van der Waals surface area contributed by atoms with Gasteiger partial charge in [0.25, 0.3) is 0 Å². The topological polar surface area (TPSA) is 65.1 Å². The van der Waals surface area contributed by atoms with Crippen LogP contribution in [0.3, 0.4) is 0 Å². The molecule has 2 saturated heterocycles. The minimum atomic E-state index is -0.360. The number of nitrogens with zero attached hydrogens (tertiary/aromatic N) is 3. The summed E-state index contributed by atoms with van der Waals surface area (Å²) in [7, 11) is 4.13. The van der Waals surface area contributed by atoms with Gasteiger partial charge >= 0.3 is 0 Å². The van der Waals surface area contributed by atoms with E-state index >= 15 is 0 Å². The molecule has 0 radical (unpaired) electrons. The summed E-state index contributed by atoms with van der Waals surface area (Å²) >= 11 is 0. The molecular weight excluding hydrogens is 452 g/mol. The van der Waals surface area contributed by atoms with Gasteiger partial charge in [-0.25, -0.2) is 0 Å². The molecular formula is C29H48N4O3. The highest BCUT2D eigenvalue weighted by Crippen LogP contribution is 2.24. The molecule has 2 fully saturated rings. The van der Waals surface area contributed by atoms with E-state index in [0.29, 0.717) is 37.3 Å². The number of nitrogens with one attached hydrogen (secondary N) is 1. The number of hydrogen-bond acceptors (Lipinski definition) is 5. The lowest BCUT2D eigenvalue weighted by Crippen LogP contribution is -2.62. The number of ether oxygens (including phenoxy) is 1. The molecule has 1 N–H and O–H groups in total. The molecule has 1 aromatic rings. The van der Waals surface area contributed by atoms with Gasteiger partial charge in [0.2, 0.25) is 11.8 Å². The summed E-state index contributed by atoms with van der Waals surface area (Å²) < 4.78 is 6.13. The summed E-state index contributed by atoms with van der Waals surface area (Å²) in [6.45, 7) is 12.9. The van der Waals surface area contributed by atoms with Crippen molar-refractivity contribution in [2.45, 2.75) is 72.0 Å². The Morgan fingerprint density at radius 2 is 1.83 bits per heavy atom. The van der Waals surface area contributed by atoms with Crippen LogP contribution >= 0.6 is 0 Å². The first-order valence-electron chi connectivity index (χ1n) is 13.8. The zero-order chi connectivity index (χ0) is 26.2. The lowest BCUT2D eigenvalue weighted by atomic mass is 9.94. The molecule has 7 heteroatoms. The van der Waals surface area contributed by atoms with E-state index in [2.05, 4.69) is 64.1 Å². The molecule has 0 spiro atoms. The Bertz CT molecular complexity index is 849. The maximum absolute atomic E-state index is 13.7. The van der Waals surface area contributed by atoms with Crippen molar-refractivity contribution in [2.75, 3.05) is 46.9 Å². The number of piperazine rings is 1. The maximum Gasteiger partial charge on any atom is 0.245 e. The van der Waals surface area contributed by atoms with Crippen molar-refractivity contribution in [3.63, 3.8) is 0 Å². The fourth-order valence-electron chi connectivity index (χ4n) is 5.37. The Kier molecular flexibility index (Phi) is 10.6. The van der Waals surface area contributed by atoms with Crippen molar-refractivity contribution in [2.24, 2.45) is 17.8 Å². The fraction of sp³-hybridized carbons (Fsp3) is 0.724. The van der Waals surface area contributed by atoms with Gasteiger partial charge in [-0.15, -0.1) is 0 Å². The molecule has 2 amide bonds. The quantitative estimate of drug-likeness (QED) is 0.503. The van der Waals surface area contributed by atoms with Crippen molar-refractivity contribution < 1.29 is 14.3 Å². The SMILES string of the molecule is CC(C)C[C@@H]1NCCN([C@@H](CC(C)C)C(=O)N2CCC(COc3cccc(CN(C)C)c3)CC2)C1=O. The van der Waals surface area contributed by atoms with Crippen LogP contribution in [-0.4, -0.2) is 85.5 Å². The van der Waals surface area contributed by atoms with Crippen LogP contribution < -0.4 is 10.1 Å². The molecule has 3 rings (SSSR count). The van der Waals surface area contributed by atoms with Crippen LogP contribution in [0.25, 0.3) is 0 Å². The third-order valence-electron chi connectivity index (χ3n) is 7.20. The monoisotopic (exact) mass is 500 g/mol. The van der Waals surface area contributed by atoms with E-state index in [4.69, 9.17) is 4.74 Å². The first-order valence-corrected chi connectivity index (χ1v) is 13.8. The molecule has 2 heterocycles. The average molecular weight is 501 g/mol. The Morgan fingerprint density at radius 3 is 2.47 bits per heavy atom. The molecule has 2 aliphatic heterocycles. The number of likely N-dealkylation sites (tertiary alicyclic amines) is 1. The molecule has 1 aromatic carbocycles. The van der Waals surface area contributed by atoms with Gasteiger partial charge in [-0.1, -0.05) is 39.8 Å². The highest BCUT2D eigenvalue weighted by atomic mass is 16.5. The number of carbonyl (C=O) groups excluding carboxylic acids is 2. The highest BCUT2D eigenvalue weighted by molar-refractivity contribution is 5.90. The second kappa shape index (κ2) is 13.4. The summed E-state index contributed by atoms with van der Waals surface area (Å²) in [5.74, 6) is 2.35. The summed E-state index contributed by atoms with van der Waals surface area (Å²) in [6, 6.07) is 7.77. The van der Waals surface area contributed by atoms with Gasteiger partial charge in [-0.2, -0.15) is 0 Å². The van der Waals surface area contributed by atoms with E-state index in [1.165, 1.54) is 5.56 Å². The maximum atomic E-state index is 13.7. The summed E-state index contributed by atoms with van der Waals surface area (Å²) in [5.41, 5.74) is 1.24. The lowest BCUT2D eigenvalue weighted by Gasteiger charge is -2.42. The standard InChI is InChI=1S/C29H48N4O3/c1-21(2)16-26-28(34)33(15-12-30-26)27(17-22(3)4)29(35)32-13-10-23(11-14-32)20-36-25-9-7-8-24(18-25)19-31(5)6/h7-9,18,21-23,26-27,30H,10-17,19-20H2,1-6H3/t26-,27-/m0/s1. The lowest BCUT2D eigenvalue weighted by molar-refractivity contribution is -0.150. The molecule has 0 bridgehead atoms. The smallest absolute Gasteiger partial charge is 0.245 e. The van der Waals surface area contributed by atoms with E-state index in [1.807, 2.05) is 21.9 Å². The third kappa shape index (κ3) is 8.20. The van der Waals surface area contributed by atoms with Crippen molar-refractivity contribution in [3.8, 4) is 5.75 Å². The van der Waals surface area contributed by atoms with Crippen LogP contribution in [-0.2, 0) is 16.1 Å². The van der Waals surface area contributed by atoms with Crippen molar-refractivity contribution in [1.29, 1.82) is 0 Å². The first-order chi connectivity index (χ1) is 17.1. The Labute approximate surface area is 218 Å². The molecule has 202 valence electrons. The molecule has 0 unspecified atom stereocenters. The van der Waals surface area contributed by atoms with Crippen molar-refractivity contribution >= 4 is 11.8 Å². The zero-order valence-corrected chi connectivity index (χ0v) is 23.3. The Balaban J connectivity index is 1.55. The summed E-state index contributed by atoms with van der Waals surface area (Å²) in [6.07, 6.45) is 3.39. The number of rotatable bonds is 11. The Morgan fingerprint density at radius 1 is 1.11 bits per heavy atom. The van der Waals surface area contributed by atoms with E-state index in [1.54, 1.807) is 0 Å². The van der Waals surface area contributed by atoms with E-state index < -0.39 is 0 Å². The van der Waals surface area contributed by atoms with Crippen LogP contribution in [0.1, 0.15) is 58.9 Å². The zero-order valence-electron chi connectivity index (χ0n) is 23.3. The second-order valence-corrected chi connectivity index (χ2v) is 11.8. The van der Waals surface area contributed by atoms with Crippen molar-refractivity contribution in [3.05, 3.63) is 29.8 Å². The minimum Gasteiger partial charge on any atom is -0.493 e. The normalized spacial score (nSPS) is 20.5. The van der Waals surface area contributed by atoms with Gasteiger partial charge in [0.1, 0.15) is 11.8 Å². The van der Waals surface area contributed by atoms with Crippen LogP contribution in [0.15, 0.2) is 24.3 Å². The molecule has 36 heavy (non-hydrogen) atoms. The van der Waals surface area contributed by atoms with Gasteiger partial charge in [0.05, 0.1) is 12.6 Å². The summed E-state index contributed by atoms with van der Waals surface area (Å²) in [5, 5.41) is 3.37. The largest absolute Gasteiger partial charge is 0.493 e. The summed E-state index contributed by atoms with van der Waals surface area (Å²) in [4.78, 5) is 33.0. The Hall–Kier alpha value is -2.12. The molecule has 0 saturated carbocycles. The van der Waals surface area contributed by atoms with Crippen LogP contribution in [0, 0.1) is 17.8 Å². The fourth-order valence-corrected chi connectivity index (χ4v) is 5.37. The third-order valence-corrected chi connectivity index (χ3v) is 7.20.